The van der Waals surface area contributed by atoms with Crippen LogP contribution in [0.4, 0.5) is 0 Å². The second-order valence-corrected chi connectivity index (χ2v) is 6.89. The molecule has 0 unspecified atom stereocenters. The molecule has 1 amide bonds. The zero-order valence-corrected chi connectivity index (χ0v) is 12.8. The molecule has 0 spiro atoms. The first-order valence-electron chi connectivity index (χ1n) is 7.62. The molecule has 1 aromatic rings. The van der Waals surface area contributed by atoms with Crippen LogP contribution in [-0.2, 0) is 11.3 Å². The molecule has 1 fully saturated rings. The van der Waals surface area contributed by atoms with Crippen LogP contribution < -0.4 is 10.6 Å². The minimum atomic E-state index is -0.169. The first-order chi connectivity index (χ1) is 9.47. The molecule has 0 bridgehead atoms. The number of rotatable bonds is 5. The van der Waals surface area contributed by atoms with E-state index >= 15 is 0 Å². The van der Waals surface area contributed by atoms with Crippen LogP contribution in [0.15, 0.2) is 18.5 Å². The minimum Gasteiger partial charge on any atom is -0.367 e. The van der Waals surface area contributed by atoms with Crippen LogP contribution in [0.1, 0.15) is 52.0 Å². The van der Waals surface area contributed by atoms with Gasteiger partial charge in [0.1, 0.15) is 0 Å². The highest BCUT2D eigenvalue weighted by atomic mass is 16.2. The van der Waals surface area contributed by atoms with Crippen LogP contribution in [-0.4, -0.2) is 23.0 Å². The second kappa shape index (κ2) is 6.44. The zero-order chi connectivity index (χ0) is 14.6. The molecular weight excluding hydrogens is 250 g/mol. The number of H-pyrrole nitrogens is 1. The largest absolute Gasteiger partial charge is 0.367 e. The van der Waals surface area contributed by atoms with Gasteiger partial charge in [0.05, 0.1) is 6.04 Å². The highest BCUT2D eigenvalue weighted by Gasteiger charge is 2.32. The molecule has 0 saturated heterocycles. The fraction of sp³-hybridized carbons (Fsp3) is 0.688. The molecule has 1 atom stereocenters. The van der Waals surface area contributed by atoms with E-state index in [2.05, 4.69) is 36.4 Å². The van der Waals surface area contributed by atoms with Gasteiger partial charge in [0.15, 0.2) is 0 Å². The van der Waals surface area contributed by atoms with E-state index in [1.54, 1.807) is 0 Å². The Balaban J connectivity index is 1.93. The lowest BCUT2D eigenvalue weighted by Gasteiger charge is -2.31. The Morgan fingerprint density at radius 1 is 1.40 bits per heavy atom. The fourth-order valence-electron chi connectivity index (χ4n) is 2.84. The molecule has 1 saturated carbocycles. The lowest BCUT2D eigenvalue weighted by Crippen LogP contribution is -2.53. The van der Waals surface area contributed by atoms with Gasteiger partial charge < -0.3 is 15.6 Å². The third-order valence-electron chi connectivity index (χ3n) is 4.00. The lowest BCUT2D eigenvalue weighted by molar-refractivity contribution is -0.126. The van der Waals surface area contributed by atoms with Crippen molar-refractivity contribution in [2.24, 2.45) is 5.41 Å². The second-order valence-electron chi connectivity index (χ2n) is 6.89. The third kappa shape index (κ3) is 4.10. The van der Waals surface area contributed by atoms with Crippen molar-refractivity contribution in [3.8, 4) is 0 Å². The van der Waals surface area contributed by atoms with Crippen LogP contribution in [0.5, 0.6) is 0 Å². The van der Waals surface area contributed by atoms with E-state index in [9.17, 15) is 4.79 Å². The number of amides is 1. The van der Waals surface area contributed by atoms with Gasteiger partial charge >= 0.3 is 0 Å². The summed E-state index contributed by atoms with van der Waals surface area (Å²) in [5.74, 6) is 0.139. The quantitative estimate of drug-likeness (QED) is 0.775. The van der Waals surface area contributed by atoms with Crippen molar-refractivity contribution in [2.45, 2.75) is 65.1 Å². The molecule has 20 heavy (non-hydrogen) atoms. The maximum atomic E-state index is 12.5. The molecule has 3 N–H and O–H groups in total. The standard InChI is InChI=1S/C16H27N3O/c1-16(2,3)14(18-11-12-8-9-17-10-12)15(20)19-13-6-4-5-7-13/h8-10,13-14,17-18H,4-7,11H2,1-3H3,(H,19,20)/t14-/m0/s1. The molecule has 1 heterocycles. The lowest BCUT2D eigenvalue weighted by atomic mass is 9.85. The van der Waals surface area contributed by atoms with Crippen LogP contribution >= 0.6 is 0 Å². The van der Waals surface area contributed by atoms with Crippen LogP contribution in [0.25, 0.3) is 0 Å². The summed E-state index contributed by atoms with van der Waals surface area (Å²) < 4.78 is 0. The van der Waals surface area contributed by atoms with Crippen molar-refractivity contribution < 1.29 is 4.79 Å². The van der Waals surface area contributed by atoms with Crippen molar-refractivity contribution in [1.82, 2.24) is 15.6 Å². The predicted octanol–water partition coefficient (Wildman–Crippen LogP) is 2.58. The van der Waals surface area contributed by atoms with E-state index in [1.807, 2.05) is 18.5 Å². The van der Waals surface area contributed by atoms with E-state index in [0.717, 1.165) is 12.8 Å². The van der Waals surface area contributed by atoms with Gasteiger partial charge in [-0.25, -0.2) is 0 Å². The maximum Gasteiger partial charge on any atom is 0.237 e. The highest BCUT2D eigenvalue weighted by molar-refractivity contribution is 5.82. The Labute approximate surface area is 121 Å². The number of hydrogen-bond donors (Lipinski definition) is 3. The Hall–Kier alpha value is -1.29. The van der Waals surface area contributed by atoms with E-state index in [-0.39, 0.29) is 17.4 Å². The number of hydrogen-bond acceptors (Lipinski definition) is 2. The molecule has 1 aromatic heterocycles. The van der Waals surface area contributed by atoms with Gasteiger partial charge in [0.2, 0.25) is 5.91 Å². The maximum absolute atomic E-state index is 12.5. The number of carbonyl (C=O) groups excluding carboxylic acids is 1. The topological polar surface area (TPSA) is 56.9 Å². The summed E-state index contributed by atoms with van der Waals surface area (Å²) in [5.41, 5.74) is 1.08. The Morgan fingerprint density at radius 2 is 2.10 bits per heavy atom. The van der Waals surface area contributed by atoms with Crippen molar-refractivity contribution >= 4 is 5.91 Å². The molecule has 1 aliphatic carbocycles. The Bertz CT molecular complexity index is 413. The van der Waals surface area contributed by atoms with Crippen molar-refractivity contribution in [1.29, 1.82) is 0 Å². The van der Waals surface area contributed by atoms with Gasteiger partial charge in [-0.15, -0.1) is 0 Å². The average Bonchev–Trinajstić information content (AvgIpc) is 3.00. The van der Waals surface area contributed by atoms with Crippen LogP contribution in [0.3, 0.4) is 0 Å². The molecule has 112 valence electrons. The van der Waals surface area contributed by atoms with Gasteiger partial charge in [-0.3, -0.25) is 4.79 Å². The number of carbonyl (C=O) groups is 1. The Kier molecular flexibility index (Phi) is 4.86. The minimum absolute atomic E-state index is 0.0982. The van der Waals surface area contributed by atoms with Crippen LogP contribution in [0.2, 0.25) is 0 Å². The first-order valence-corrected chi connectivity index (χ1v) is 7.62. The predicted molar refractivity (Wildman–Crippen MR) is 81.3 cm³/mol. The van der Waals surface area contributed by atoms with Gasteiger partial charge in [0, 0.05) is 25.0 Å². The van der Waals surface area contributed by atoms with Gasteiger partial charge in [0.25, 0.3) is 0 Å². The number of nitrogens with one attached hydrogen (secondary N) is 3. The number of aromatic nitrogens is 1. The average molecular weight is 277 g/mol. The van der Waals surface area contributed by atoms with E-state index in [4.69, 9.17) is 0 Å². The zero-order valence-electron chi connectivity index (χ0n) is 12.8. The summed E-state index contributed by atoms with van der Waals surface area (Å²) in [4.78, 5) is 15.6. The monoisotopic (exact) mass is 277 g/mol. The molecule has 4 nitrogen and oxygen atoms in total. The Morgan fingerprint density at radius 3 is 2.65 bits per heavy atom. The molecule has 1 aliphatic rings. The van der Waals surface area contributed by atoms with E-state index in [1.165, 1.54) is 18.4 Å². The van der Waals surface area contributed by atoms with Gasteiger partial charge in [-0.1, -0.05) is 33.6 Å². The normalized spacial score (nSPS) is 18.1. The summed E-state index contributed by atoms with van der Waals surface area (Å²) in [6.07, 6.45) is 8.59. The van der Waals surface area contributed by atoms with Crippen molar-refractivity contribution in [3.05, 3.63) is 24.0 Å². The molecule has 0 radical (unpaired) electrons. The van der Waals surface area contributed by atoms with Crippen molar-refractivity contribution in [2.75, 3.05) is 0 Å². The number of aromatic amines is 1. The molecule has 0 aliphatic heterocycles. The molecular formula is C16H27N3O. The van der Waals surface area contributed by atoms with E-state index in [0.29, 0.717) is 12.6 Å². The molecule has 0 aromatic carbocycles. The first kappa shape index (κ1) is 15.1. The summed E-state index contributed by atoms with van der Waals surface area (Å²) in [6.45, 7) is 7.03. The summed E-state index contributed by atoms with van der Waals surface area (Å²) in [5, 5.41) is 6.61. The summed E-state index contributed by atoms with van der Waals surface area (Å²) in [6, 6.07) is 2.24. The smallest absolute Gasteiger partial charge is 0.237 e. The SMILES string of the molecule is CC(C)(C)[C@@H](NCc1cc[nH]c1)C(=O)NC1CCCC1. The summed E-state index contributed by atoms with van der Waals surface area (Å²) >= 11 is 0. The van der Waals surface area contributed by atoms with Crippen LogP contribution in [0, 0.1) is 5.41 Å². The van der Waals surface area contributed by atoms with Gasteiger partial charge in [-0.05, 0) is 29.9 Å². The van der Waals surface area contributed by atoms with E-state index < -0.39 is 0 Å². The third-order valence-corrected chi connectivity index (χ3v) is 4.00. The molecule has 2 rings (SSSR count). The van der Waals surface area contributed by atoms with Gasteiger partial charge in [-0.2, -0.15) is 0 Å². The fourth-order valence-corrected chi connectivity index (χ4v) is 2.84. The summed E-state index contributed by atoms with van der Waals surface area (Å²) in [7, 11) is 0. The highest BCUT2D eigenvalue weighted by Crippen LogP contribution is 2.22. The molecule has 4 heteroatoms. The van der Waals surface area contributed by atoms with Crippen molar-refractivity contribution in [3.63, 3.8) is 0 Å².